The molecule has 0 spiro atoms. The lowest BCUT2D eigenvalue weighted by atomic mass is 10.1. The van der Waals surface area contributed by atoms with E-state index in [4.69, 9.17) is 5.26 Å². The summed E-state index contributed by atoms with van der Waals surface area (Å²) in [6.45, 7) is 1.56. The number of nitrogens with zero attached hydrogens (tertiary/aromatic N) is 1. The minimum Gasteiger partial charge on any atom is -0.376 e. The number of rotatable bonds is 5. The van der Waals surface area contributed by atoms with Gasteiger partial charge in [-0.25, -0.2) is 0 Å². The lowest BCUT2D eigenvalue weighted by molar-refractivity contribution is -0.114. The molecule has 0 aliphatic heterocycles. The van der Waals surface area contributed by atoms with Gasteiger partial charge in [-0.3, -0.25) is 9.59 Å². The zero-order valence-electron chi connectivity index (χ0n) is 12.1. The third-order valence-corrected chi connectivity index (χ3v) is 3.00. The number of nitrogens with one attached hydrogen (secondary N) is 2. The van der Waals surface area contributed by atoms with Crippen LogP contribution in [0.2, 0.25) is 0 Å². The van der Waals surface area contributed by atoms with Crippen LogP contribution in [0.1, 0.15) is 22.8 Å². The van der Waals surface area contributed by atoms with E-state index in [-0.39, 0.29) is 18.2 Å². The van der Waals surface area contributed by atoms with Crippen molar-refractivity contribution in [1.82, 2.24) is 0 Å². The van der Waals surface area contributed by atoms with E-state index in [1.54, 1.807) is 48.5 Å². The normalized spacial score (nSPS) is 9.64. The molecule has 0 atom stereocenters. The predicted octanol–water partition coefficient (Wildman–Crippen LogP) is 2.81. The molecule has 2 aromatic carbocycles. The molecule has 110 valence electrons. The Hall–Kier alpha value is -3.13. The number of Topliss-reactive ketones (excluding diaryl/α,β-unsaturated/α-hetero) is 1. The first kappa shape index (κ1) is 15.3. The standard InChI is InChI=1S/C17H15N3O2/c1-12(21)14-5-3-6-15(9-14)19-11-17(22)20-16-7-2-4-13(8-16)10-18/h2-9,19H,11H2,1H3,(H,20,22). The molecule has 0 radical (unpaired) electrons. The van der Waals surface area contributed by atoms with Crippen molar-refractivity contribution in [3.05, 3.63) is 59.7 Å². The second-order valence-corrected chi connectivity index (χ2v) is 4.73. The fourth-order valence-corrected chi connectivity index (χ4v) is 1.90. The van der Waals surface area contributed by atoms with Crippen LogP contribution >= 0.6 is 0 Å². The number of carbonyl (C=O) groups is 2. The minimum atomic E-state index is -0.233. The van der Waals surface area contributed by atoms with Crippen molar-refractivity contribution in [1.29, 1.82) is 5.26 Å². The largest absolute Gasteiger partial charge is 0.376 e. The SMILES string of the molecule is CC(=O)c1cccc(NCC(=O)Nc2cccc(C#N)c2)c1. The highest BCUT2D eigenvalue weighted by Gasteiger charge is 2.04. The third-order valence-electron chi connectivity index (χ3n) is 3.00. The first-order valence-electron chi connectivity index (χ1n) is 6.73. The molecule has 2 rings (SSSR count). The van der Waals surface area contributed by atoms with Crippen LogP contribution in [-0.2, 0) is 4.79 Å². The van der Waals surface area contributed by atoms with Gasteiger partial charge in [-0.1, -0.05) is 18.2 Å². The van der Waals surface area contributed by atoms with Crippen LogP contribution in [0.3, 0.4) is 0 Å². The molecule has 0 heterocycles. The van der Waals surface area contributed by atoms with Crippen LogP contribution < -0.4 is 10.6 Å². The molecule has 0 aliphatic rings. The quantitative estimate of drug-likeness (QED) is 0.830. The van der Waals surface area contributed by atoms with Crippen molar-refractivity contribution >= 4 is 23.1 Å². The molecule has 0 aliphatic carbocycles. The summed E-state index contributed by atoms with van der Waals surface area (Å²) in [5.74, 6) is -0.260. The van der Waals surface area contributed by atoms with Crippen LogP contribution in [0.15, 0.2) is 48.5 Å². The molecular formula is C17H15N3O2. The molecule has 0 fully saturated rings. The minimum absolute atomic E-state index is 0.0265. The maximum absolute atomic E-state index is 11.9. The van der Waals surface area contributed by atoms with E-state index in [1.807, 2.05) is 6.07 Å². The summed E-state index contributed by atoms with van der Waals surface area (Å²) in [6, 6.07) is 15.7. The zero-order chi connectivity index (χ0) is 15.9. The number of hydrogen-bond donors (Lipinski definition) is 2. The van der Waals surface area contributed by atoms with Gasteiger partial charge in [0.15, 0.2) is 5.78 Å². The summed E-state index contributed by atoms with van der Waals surface area (Å²) in [5.41, 5.74) is 2.35. The smallest absolute Gasteiger partial charge is 0.243 e. The Morgan fingerprint density at radius 3 is 2.55 bits per heavy atom. The Morgan fingerprint density at radius 1 is 1.09 bits per heavy atom. The van der Waals surface area contributed by atoms with E-state index in [0.29, 0.717) is 22.5 Å². The highest BCUT2D eigenvalue weighted by molar-refractivity contribution is 5.96. The molecule has 0 unspecified atom stereocenters. The molecule has 0 saturated carbocycles. The van der Waals surface area contributed by atoms with Crippen molar-refractivity contribution in [3.63, 3.8) is 0 Å². The highest BCUT2D eigenvalue weighted by atomic mass is 16.2. The van der Waals surface area contributed by atoms with E-state index in [0.717, 1.165) is 0 Å². The Kier molecular flexibility index (Phi) is 4.89. The summed E-state index contributed by atoms with van der Waals surface area (Å²) in [6.07, 6.45) is 0. The van der Waals surface area contributed by atoms with Crippen LogP contribution in [-0.4, -0.2) is 18.2 Å². The first-order valence-corrected chi connectivity index (χ1v) is 6.73. The molecule has 0 bridgehead atoms. The van der Waals surface area contributed by atoms with Gasteiger partial charge in [0, 0.05) is 16.9 Å². The summed E-state index contributed by atoms with van der Waals surface area (Å²) in [7, 11) is 0. The number of amides is 1. The highest BCUT2D eigenvalue weighted by Crippen LogP contribution is 2.12. The maximum atomic E-state index is 11.9. The Balaban J connectivity index is 1.94. The molecular weight excluding hydrogens is 278 g/mol. The van der Waals surface area contributed by atoms with Gasteiger partial charge in [0.25, 0.3) is 0 Å². The number of nitriles is 1. The third kappa shape index (κ3) is 4.18. The van der Waals surface area contributed by atoms with Crippen molar-refractivity contribution in [2.24, 2.45) is 0 Å². The van der Waals surface area contributed by atoms with Crippen molar-refractivity contribution in [2.75, 3.05) is 17.2 Å². The van der Waals surface area contributed by atoms with Gasteiger partial charge in [0.05, 0.1) is 18.2 Å². The van der Waals surface area contributed by atoms with Crippen LogP contribution in [0.4, 0.5) is 11.4 Å². The Morgan fingerprint density at radius 2 is 1.82 bits per heavy atom. The molecule has 0 aromatic heterocycles. The topological polar surface area (TPSA) is 82.0 Å². The van der Waals surface area contributed by atoms with Gasteiger partial charge < -0.3 is 10.6 Å². The number of hydrogen-bond acceptors (Lipinski definition) is 4. The van der Waals surface area contributed by atoms with Gasteiger partial charge >= 0.3 is 0 Å². The van der Waals surface area contributed by atoms with Gasteiger partial charge in [-0.05, 0) is 37.3 Å². The Bertz CT molecular complexity index is 748. The summed E-state index contributed by atoms with van der Waals surface area (Å²) in [4.78, 5) is 23.2. The number of anilines is 2. The fourth-order valence-electron chi connectivity index (χ4n) is 1.90. The van der Waals surface area contributed by atoms with Crippen LogP contribution in [0.5, 0.6) is 0 Å². The predicted molar refractivity (Wildman–Crippen MR) is 84.7 cm³/mol. The molecule has 22 heavy (non-hydrogen) atoms. The van der Waals surface area contributed by atoms with E-state index in [1.165, 1.54) is 6.92 Å². The lowest BCUT2D eigenvalue weighted by Gasteiger charge is -2.08. The van der Waals surface area contributed by atoms with Crippen molar-refractivity contribution < 1.29 is 9.59 Å². The molecule has 1 amide bonds. The second-order valence-electron chi connectivity index (χ2n) is 4.73. The number of ketones is 1. The number of benzene rings is 2. The summed E-state index contributed by atoms with van der Waals surface area (Å²) < 4.78 is 0. The van der Waals surface area contributed by atoms with Gasteiger partial charge in [0.2, 0.25) is 5.91 Å². The van der Waals surface area contributed by atoms with Crippen molar-refractivity contribution in [3.8, 4) is 6.07 Å². The van der Waals surface area contributed by atoms with Gasteiger partial charge in [-0.2, -0.15) is 5.26 Å². The monoisotopic (exact) mass is 293 g/mol. The molecule has 2 N–H and O–H groups in total. The average Bonchev–Trinajstić information content (AvgIpc) is 2.53. The zero-order valence-corrected chi connectivity index (χ0v) is 12.1. The summed E-state index contributed by atoms with van der Waals surface area (Å²) >= 11 is 0. The van der Waals surface area contributed by atoms with Crippen LogP contribution in [0.25, 0.3) is 0 Å². The van der Waals surface area contributed by atoms with Crippen LogP contribution in [0, 0.1) is 11.3 Å². The maximum Gasteiger partial charge on any atom is 0.243 e. The first-order chi connectivity index (χ1) is 10.6. The van der Waals surface area contributed by atoms with E-state index in [9.17, 15) is 9.59 Å². The molecule has 0 saturated heterocycles. The Labute approximate surface area is 128 Å². The second kappa shape index (κ2) is 7.04. The molecule has 2 aromatic rings. The molecule has 5 heteroatoms. The van der Waals surface area contributed by atoms with Gasteiger partial charge in [-0.15, -0.1) is 0 Å². The number of carbonyl (C=O) groups excluding carboxylic acids is 2. The average molecular weight is 293 g/mol. The lowest BCUT2D eigenvalue weighted by Crippen LogP contribution is -2.21. The fraction of sp³-hybridized carbons (Fsp3) is 0.118. The van der Waals surface area contributed by atoms with E-state index in [2.05, 4.69) is 10.6 Å². The van der Waals surface area contributed by atoms with E-state index < -0.39 is 0 Å². The van der Waals surface area contributed by atoms with E-state index >= 15 is 0 Å². The van der Waals surface area contributed by atoms with Gasteiger partial charge in [0.1, 0.15) is 0 Å². The van der Waals surface area contributed by atoms with Crippen molar-refractivity contribution in [2.45, 2.75) is 6.92 Å². The molecule has 5 nitrogen and oxygen atoms in total. The summed E-state index contributed by atoms with van der Waals surface area (Å²) in [5, 5.41) is 14.5.